The van der Waals surface area contributed by atoms with Crippen LogP contribution < -0.4 is 0 Å². The van der Waals surface area contributed by atoms with Crippen LogP contribution in [0.3, 0.4) is 0 Å². The van der Waals surface area contributed by atoms with Crippen LogP contribution in [0.2, 0.25) is 0 Å². The van der Waals surface area contributed by atoms with E-state index in [0.717, 1.165) is 23.4 Å². The zero-order valence-corrected chi connectivity index (χ0v) is 15.8. The van der Waals surface area contributed by atoms with Crippen LogP contribution in [0.4, 0.5) is 4.39 Å². The van der Waals surface area contributed by atoms with Gasteiger partial charge in [0.1, 0.15) is 11.9 Å². The molecule has 1 amide bonds. The normalized spacial score (nSPS) is 19.8. The van der Waals surface area contributed by atoms with Crippen LogP contribution in [0.15, 0.2) is 36.4 Å². The number of rotatable bonds is 7. The Hall–Kier alpha value is -1.72. The van der Waals surface area contributed by atoms with Gasteiger partial charge in [0.2, 0.25) is 5.91 Å². The number of thiophene rings is 1. The van der Waals surface area contributed by atoms with E-state index in [1.165, 1.54) is 29.9 Å². The number of benzene rings is 1. The molecule has 3 nitrogen and oxygen atoms in total. The van der Waals surface area contributed by atoms with Gasteiger partial charge in [-0.1, -0.05) is 12.1 Å². The van der Waals surface area contributed by atoms with Crippen molar-refractivity contribution < 1.29 is 13.9 Å². The van der Waals surface area contributed by atoms with E-state index >= 15 is 0 Å². The fourth-order valence-corrected chi connectivity index (χ4v) is 4.60. The standard InChI is InChI=1S/C21H24FNO2S/c1-14-4-11-18(26-14)20(23-12-2-3-19(23)24)21(25-13-15-5-6-15)16-7-9-17(22)10-8-16/h4,7-11,15,20-21H,2-3,5-6,12-13H2,1H3/t20-,21-/m0/s1. The molecule has 0 radical (unpaired) electrons. The van der Waals surface area contributed by atoms with Crippen molar-refractivity contribution in [1.82, 2.24) is 4.90 Å². The monoisotopic (exact) mass is 373 g/mol. The van der Waals surface area contributed by atoms with E-state index in [2.05, 4.69) is 19.1 Å². The lowest BCUT2D eigenvalue weighted by molar-refractivity contribution is -0.133. The maximum Gasteiger partial charge on any atom is 0.223 e. The molecule has 0 unspecified atom stereocenters. The van der Waals surface area contributed by atoms with E-state index < -0.39 is 0 Å². The van der Waals surface area contributed by atoms with Gasteiger partial charge >= 0.3 is 0 Å². The minimum absolute atomic E-state index is 0.145. The van der Waals surface area contributed by atoms with E-state index in [9.17, 15) is 9.18 Å². The lowest BCUT2D eigenvalue weighted by atomic mass is 9.99. The SMILES string of the molecule is Cc1ccc([C@@H]([C@@H](OCC2CC2)c2ccc(F)cc2)N2CCCC2=O)s1. The summed E-state index contributed by atoms with van der Waals surface area (Å²) in [6, 6.07) is 10.6. The van der Waals surface area contributed by atoms with Gasteiger partial charge in [0.15, 0.2) is 0 Å². The lowest BCUT2D eigenvalue weighted by Crippen LogP contribution is -2.34. The van der Waals surface area contributed by atoms with Gasteiger partial charge in [-0.05, 0) is 61.9 Å². The first-order valence-electron chi connectivity index (χ1n) is 9.34. The van der Waals surface area contributed by atoms with Gasteiger partial charge in [0.05, 0.1) is 12.6 Å². The Labute approximate surface area is 157 Å². The number of aryl methyl sites for hydroxylation is 1. The van der Waals surface area contributed by atoms with Gasteiger partial charge in [-0.3, -0.25) is 4.79 Å². The lowest BCUT2D eigenvalue weighted by Gasteiger charge is -2.34. The molecule has 1 aliphatic carbocycles. The molecule has 5 heteroatoms. The molecule has 1 aromatic heterocycles. The summed E-state index contributed by atoms with van der Waals surface area (Å²) in [4.78, 5) is 16.9. The van der Waals surface area contributed by atoms with Crippen molar-refractivity contribution in [3.05, 3.63) is 57.5 Å². The van der Waals surface area contributed by atoms with Crippen LogP contribution in [0, 0.1) is 18.7 Å². The van der Waals surface area contributed by atoms with E-state index in [1.54, 1.807) is 23.5 Å². The van der Waals surface area contributed by atoms with Crippen LogP contribution in [0.5, 0.6) is 0 Å². The maximum absolute atomic E-state index is 13.5. The van der Waals surface area contributed by atoms with Gasteiger partial charge in [-0.2, -0.15) is 0 Å². The number of hydrogen-bond acceptors (Lipinski definition) is 3. The highest BCUT2D eigenvalue weighted by Crippen LogP contribution is 2.43. The smallest absolute Gasteiger partial charge is 0.223 e. The Morgan fingerprint density at radius 1 is 1.23 bits per heavy atom. The number of carbonyl (C=O) groups is 1. The molecule has 1 saturated heterocycles. The quantitative estimate of drug-likeness (QED) is 0.681. The Balaban J connectivity index is 1.71. The molecule has 26 heavy (non-hydrogen) atoms. The second-order valence-electron chi connectivity index (χ2n) is 7.33. The summed E-state index contributed by atoms with van der Waals surface area (Å²) in [6.07, 6.45) is 3.64. The van der Waals surface area contributed by atoms with Crippen LogP contribution in [0.1, 0.15) is 53.1 Å². The molecule has 2 atom stereocenters. The van der Waals surface area contributed by atoms with Crippen LogP contribution in [0.25, 0.3) is 0 Å². The molecular formula is C21H24FNO2S. The first-order chi connectivity index (χ1) is 12.6. The van der Waals surface area contributed by atoms with Gasteiger partial charge in [-0.25, -0.2) is 4.39 Å². The topological polar surface area (TPSA) is 29.5 Å². The fourth-order valence-electron chi connectivity index (χ4n) is 3.59. The predicted octanol–water partition coefficient (Wildman–Crippen LogP) is 5.03. The molecule has 138 valence electrons. The molecule has 4 rings (SSSR count). The fraction of sp³-hybridized carbons (Fsp3) is 0.476. The number of likely N-dealkylation sites (tertiary alicyclic amines) is 1. The summed E-state index contributed by atoms with van der Waals surface area (Å²) in [7, 11) is 0. The molecule has 0 bridgehead atoms. The minimum Gasteiger partial charge on any atom is -0.371 e. The molecule has 2 aromatic rings. The molecule has 1 aromatic carbocycles. The number of halogens is 1. The van der Waals surface area contributed by atoms with Gasteiger partial charge in [0.25, 0.3) is 0 Å². The van der Waals surface area contributed by atoms with Gasteiger partial charge in [0, 0.05) is 22.7 Å². The average Bonchev–Trinajstić information content (AvgIpc) is 3.22. The van der Waals surface area contributed by atoms with Crippen molar-refractivity contribution in [2.45, 2.75) is 44.8 Å². The Morgan fingerprint density at radius 3 is 2.58 bits per heavy atom. The number of amides is 1. The van der Waals surface area contributed by atoms with Crippen LogP contribution >= 0.6 is 11.3 Å². The molecule has 2 fully saturated rings. The summed E-state index contributed by atoms with van der Waals surface area (Å²) in [5.41, 5.74) is 0.933. The third kappa shape index (κ3) is 3.84. The summed E-state index contributed by atoms with van der Waals surface area (Å²) in [5.74, 6) is 0.552. The largest absolute Gasteiger partial charge is 0.371 e. The Morgan fingerprint density at radius 2 is 2.00 bits per heavy atom. The molecule has 0 spiro atoms. The van der Waals surface area contributed by atoms with Crippen LogP contribution in [-0.4, -0.2) is 24.0 Å². The molecule has 2 heterocycles. The van der Waals surface area contributed by atoms with Crippen molar-refractivity contribution in [2.24, 2.45) is 5.92 Å². The van der Waals surface area contributed by atoms with Crippen molar-refractivity contribution in [3.63, 3.8) is 0 Å². The van der Waals surface area contributed by atoms with E-state index in [0.29, 0.717) is 18.9 Å². The maximum atomic E-state index is 13.5. The van der Waals surface area contributed by atoms with Crippen molar-refractivity contribution in [1.29, 1.82) is 0 Å². The highest BCUT2D eigenvalue weighted by atomic mass is 32.1. The van der Waals surface area contributed by atoms with Crippen molar-refractivity contribution in [2.75, 3.05) is 13.2 Å². The highest BCUT2D eigenvalue weighted by molar-refractivity contribution is 7.12. The zero-order chi connectivity index (χ0) is 18.1. The molecule has 1 saturated carbocycles. The first kappa shape index (κ1) is 17.7. The second kappa shape index (κ2) is 7.49. The Bertz CT molecular complexity index is 769. The predicted molar refractivity (Wildman–Crippen MR) is 101 cm³/mol. The summed E-state index contributed by atoms with van der Waals surface area (Å²) >= 11 is 1.71. The molecule has 1 aliphatic heterocycles. The number of hydrogen-bond donors (Lipinski definition) is 0. The number of carbonyl (C=O) groups excluding carboxylic acids is 1. The third-order valence-electron chi connectivity index (χ3n) is 5.19. The number of ether oxygens (including phenoxy) is 1. The van der Waals surface area contributed by atoms with Crippen molar-refractivity contribution >= 4 is 17.2 Å². The van der Waals surface area contributed by atoms with Crippen LogP contribution in [-0.2, 0) is 9.53 Å². The summed E-state index contributed by atoms with van der Waals surface area (Å²) in [5, 5.41) is 0. The van der Waals surface area contributed by atoms with Crippen molar-refractivity contribution in [3.8, 4) is 0 Å². The zero-order valence-electron chi connectivity index (χ0n) is 15.0. The van der Waals surface area contributed by atoms with E-state index in [-0.39, 0.29) is 23.9 Å². The average molecular weight is 373 g/mol. The highest BCUT2D eigenvalue weighted by Gasteiger charge is 2.38. The number of nitrogens with zero attached hydrogens (tertiary/aromatic N) is 1. The third-order valence-corrected chi connectivity index (χ3v) is 6.26. The van der Waals surface area contributed by atoms with E-state index in [4.69, 9.17) is 4.74 Å². The first-order valence-corrected chi connectivity index (χ1v) is 10.2. The summed E-state index contributed by atoms with van der Waals surface area (Å²) < 4.78 is 19.8. The Kier molecular flexibility index (Phi) is 5.09. The second-order valence-corrected chi connectivity index (χ2v) is 8.65. The van der Waals surface area contributed by atoms with E-state index in [1.807, 2.05) is 4.90 Å². The summed E-state index contributed by atoms with van der Waals surface area (Å²) in [6.45, 7) is 3.53. The molecule has 0 N–H and O–H groups in total. The minimum atomic E-state index is -0.267. The molecule has 2 aliphatic rings. The van der Waals surface area contributed by atoms with Gasteiger partial charge in [-0.15, -0.1) is 11.3 Å². The molecular weight excluding hydrogens is 349 g/mol. The van der Waals surface area contributed by atoms with Gasteiger partial charge < -0.3 is 9.64 Å².